The van der Waals surface area contributed by atoms with Crippen molar-refractivity contribution in [3.8, 4) is 0 Å². The van der Waals surface area contributed by atoms with Gasteiger partial charge < -0.3 is 10.4 Å². The lowest BCUT2D eigenvalue weighted by Gasteiger charge is -2.15. The van der Waals surface area contributed by atoms with Gasteiger partial charge in [0.15, 0.2) is 0 Å². The summed E-state index contributed by atoms with van der Waals surface area (Å²) in [6, 6.07) is 0. The Morgan fingerprint density at radius 3 is 2.92 bits per heavy atom. The lowest BCUT2D eigenvalue weighted by molar-refractivity contribution is -0.119. The largest absolute Gasteiger partial charge is 0.393 e. The van der Waals surface area contributed by atoms with E-state index >= 15 is 0 Å². The summed E-state index contributed by atoms with van der Waals surface area (Å²) in [7, 11) is 0. The molecule has 13 heavy (non-hydrogen) atoms. The second-order valence-corrected chi connectivity index (χ2v) is 3.83. The van der Waals surface area contributed by atoms with Crippen molar-refractivity contribution in [1.29, 1.82) is 0 Å². The van der Waals surface area contributed by atoms with E-state index in [1.165, 1.54) is 12.8 Å². The summed E-state index contributed by atoms with van der Waals surface area (Å²) < 4.78 is 0. The summed E-state index contributed by atoms with van der Waals surface area (Å²) >= 11 is 0. The molecule has 2 N–H and O–H groups in total. The number of rotatable bonds is 5. The Bertz CT molecular complexity index is 170. The van der Waals surface area contributed by atoms with Crippen molar-refractivity contribution < 1.29 is 9.90 Å². The van der Waals surface area contributed by atoms with Crippen molar-refractivity contribution in [3.05, 3.63) is 0 Å². The molecule has 1 heterocycles. The molecule has 1 rings (SSSR count). The van der Waals surface area contributed by atoms with Crippen LogP contribution in [0.15, 0.2) is 0 Å². The van der Waals surface area contributed by atoms with E-state index in [0.29, 0.717) is 13.0 Å². The number of unbranched alkanes of at least 4 members (excludes halogenated alkanes) is 2. The number of amides is 1. The molecule has 2 atom stereocenters. The maximum Gasteiger partial charge on any atom is 0.220 e. The van der Waals surface area contributed by atoms with E-state index in [-0.39, 0.29) is 17.9 Å². The summed E-state index contributed by atoms with van der Waals surface area (Å²) in [5, 5.41) is 12.4. The first-order valence-electron chi connectivity index (χ1n) is 5.18. The molecule has 0 bridgehead atoms. The Balaban J connectivity index is 2.15. The van der Waals surface area contributed by atoms with Crippen molar-refractivity contribution in [2.75, 3.05) is 6.54 Å². The Kier molecular flexibility index (Phi) is 4.22. The number of hydrogen-bond acceptors (Lipinski definition) is 2. The van der Waals surface area contributed by atoms with Crippen LogP contribution in [-0.4, -0.2) is 23.7 Å². The van der Waals surface area contributed by atoms with Crippen LogP contribution in [-0.2, 0) is 4.79 Å². The lowest BCUT2D eigenvalue weighted by atomic mass is 9.96. The van der Waals surface area contributed by atoms with Gasteiger partial charge in [0.25, 0.3) is 0 Å². The molecule has 0 aromatic carbocycles. The predicted octanol–water partition coefficient (Wildman–Crippen LogP) is 1.06. The SMILES string of the molecule is CCCCCC(O)[C@H]1CNC(=O)C1. The summed E-state index contributed by atoms with van der Waals surface area (Å²) in [4.78, 5) is 10.9. The van der Waals surface area contributed by atoms with Crippen LogP contribution in [0.3, 0.4) is 0 Å². The van der Waals surface area contributed by atoms with Gasteiger partial charge in [0, 0.05) is 18.9 Å². The van der Waals surface area contributed by atoms with Crippen molar-refractivity contribution in [3.63, 3.8) is 0 Å². The Morgan fingerprint density at radius 2 is 2.38 bits per heavy atom. The van der Waals surface area contributed by atoms with Crippen LogP contribution in [0, 0.1) is 5.92 Å². The molecule has 1 unspecified atom stereocenters. The van der Waals surface area contributed by atoms with E-state index in [2.05, 4.69) is 12.2 Å². The van der Waals surface area contributed by atoms with Crippen LogP contribution in [0.1, 0.15) is 39.0 Å². The van der Waals surface area contributed by atoms with Crippen molar-refractivity contribution >= 4 is 5.91 Å². The van der Waals surface area contributed by atoms with Crippen LogP contribution < -0.4 is 5.32 Å². The molecule has 0 radical (unpaired) electrons. The maximum absolute atomic E-state index is 10.9. The summed E-state index contributed by atoms with van der Waals surface area (Å²) in [5.74, 6) is 0.240. The minimum absolute atomic E-state index is 0.0829. The smallest absolute Gasteiger partial charge is 0.220 e. The molecule has 0 spiro atoms. The zero-order chi connectivity index (χ0) is 9.68. The van der Waals surface area contributed by atoms with E-state index < -0.39 is 0 Å². The van der Waals surface area contributed by atoms with Gasteiger partial charge in [-0.2, -0.15) is 0 Å². The zero-order valence-electron chi connectivity index (χ0n) is 8.25. The van der Waals surface area contributed by atoms with E-state index in [9.17, 15) is 9.90 Å². The highest BCUT2D eigenvalue weighted by molar-refractivity contribution is 5.78. The second kappa shape index (κ2) is 5.22. The molecule has 3 heteroatoms. The van der Waals surface area contributed by atoms with Crippen LogP contribution in [0.5, 0.6) is 0 Å². The fraction of sp³-hybridized carbons (Fsp3) is 0.900. The third kappa shape index (κ3) is 3.35. The zero-order valence-corrected chi connectivity index (χ0v) is 8.25. The normalized spacial score (nSPS) is 24.5. The minimum atomic E-state index is -0.287. The van der Waals surface area contributed by atoms with Crippen LogP contribution in [0.25, 0.3) is 0 Å². The quantitative estimate of drug-likeness (QED) is 0.629. The predicted molar refractivity (Wildman–Crippen MR) is 51.3 cm³/mol. The first-order chi connectivity index (χ1) is 6.24. The van der Waals surface area contributed by atoms with Gasteiger partial charge in [-0.3, -0.25) is 4.79 Å². The van der Waals surface area contributed by atoms with Gasteiger partial charge in [-0.15, -0.1) is 0 Å². The highest BCUT2D eigenvalue weighted by atomic mass is 16.3. The minimum Gasteiger partial charge on any atom is -0.393 e. The van der Waals surface area contributed by atoms with Crippen LogP contribution in [0.4, 0.5) is 0 Å². The molecule has 1 aliphatic heterocycles. The first kappa shape index (κ1) is 10.5. The average Bonchev–Trinajstić information content (AvgIpc) is 2.52. The molecule has 0 aliphatic carbocycles. The van der Waals surface area contributed by atoms with Gasteiger partial charge in [-0.25, -0.2) is 0 Å². The van der Waals surface area contributed by atoms with Gasteiger partial charge in [0.2, 0.25) is 5.91 Å². The van der Waals surface area contributed by atoms with E-state index in [4.69, 9.17) is 0 Å². The molecular formula is C10H19NO2. The topological polar surface area (TPSA) is 49.3 Å². The molecule has 0 saturated carbocycles. The van der Waals surface area contributed by atoms with Gasteiger partial charge in [0.1, 0.15) is 0 Å². The first-order valence-corrected chi connectivity index (χ1v) is 5.18. The van der Waals surface area contributed by atoms with Crippen molar-refractivity contribution in [1.82, 2.24) is 5.32 Å². The summed E-state index contributed by atoms with van der Waals surface area (Å²) in [5.41, 5.74) is 0. The van der Waals surface area contributed by atoms with Gasteiger partial charge in [0.05, 0.1) is 6.10 Å². The van der Waals surface area contributed by atoms with E-state index in [1.54, 1.807) is 0 Å². The van der Waals surface area contributed by atoms with E-state index in [1.807, 2.05) is 0 Å². The molecule has 3 nitrogen and oxygen atoms in total. The fourth-order valence-corrected chi connectivity index (χ4v) is 1.74. The summed E-state index contributed by atoms with van der Waals surface area (Å²) in [6.07, 6.45) is 4.48. The monoisotopic (exact) mass is 185 g/mol. The fourth-order valence-electron chi connectivity index (χ4n) is 1.74. The van der Waals surface area contributed by atoms with E-state index in [0.717, 1.165) is 12.8 Å². The summed E-state index contributed by atoms with van der Waals surface area (Å²) in [6.45, 7) is 2.80. The van der Waals surface area contributed by atoms with Gasteiger partial charge >= 0.3 is 0 Å². The maximum atomic E-state index is 10.9. The molecule has 1 saturated heterocycles. The number of carbonyl (C=O) groups excluding carboxylic acids is 1. The second-order valence-electron chi connectivity index (χ2n) is 3.83. The number of carbonyl (C=O) groups is 1. The molecule has 1 amide bonds. The molecule has 0 aromatic heterocycles. The Labute approximate surface area is 79.5 Å². The number of nitrogens with one attached hydrogen (secondary N) is 1. The average molecular weight is 185 g/mol. The Morgan fingerprint density at radius 1 is 1.62 bits per heavy atom. The highest BCUT2D eigenvalue weighted by Gasteiger charge is 2.27. The molecule has 1 fully saturated rings. The van der Waals surface area contributed by atoms with Crippen LogP contribution >= 0.6 is 0 Å². The van der Waals surface area contributed by atoms with Crippen molar-refractivity contribution in [2.45, 2.75) is 45.1 Å². The standard InChI is InChI=1S/C10H19NO2/c1-2-3-4-5-9(12)8-6-10(13)11-7-8/h8-9,12H,2-7H2,1H3,(H,11,13)/t8-,9?/m1/s1. The molecule has 0 aromatic rings. The van der Waals surface area contributed by atoms with Gasteiger partial charge in [-0.1, -0.05) is 26.2 Å². The molecule has 1 aliphatic rings. The third-order valence-corrected chi connectivity index (χ3v) is 2.66. The van der Waals surface area contributed by atoms with Crippen LogP contribution in [0.2, 0.25) is 0 Å². The number of aliphatic hydroxyl groups is 1. The Hall–Kier alpha value is -0.570. The number of aliphatic hydroxyl groups excluding tert-OH is 1. The molecule has 76 valence electrons. The van der Waals surface area contributed by atoms with Crippen molar-refractivity contribution in [2.24, 2.45) is 5.92 Å². The van der Waals surface area contributed by atoms with Gasteiger partial charge in [-0.05, 0) is 6.42 Å². The highest BCUT2D eigenvalue weighted by Crippen LogP contribution is 2.18. The number of hydrogen-bond donors (Lipinski definition) is 2. The molecular weight excluding hydrogens is 166 g/mol. The lowest BCUT2D eigenvalue weighted by Crippen LogP contribution is -2.22. The third-order valence-electron chi connectivity index (χ3n) is 2.66.